The number of nitrogens with zero attached hydrogens (tertiary/aromatic N) is 2. The maximum atomic E-state index is 2.45. The van der Waals surface area contributed by atoms with Crippen LogP contribution in [0.4, 0.5) is 0 Å². The predicted octanol–water partition coefficient (Wildman–Crippen LogP) is 7.66. The second kappa shape index (κ2) is 9.68. The summed E-state index contributed by atoms with van der Waals surface area (Å²) >= 11 is -0.117. The van der Waals surface area contributed by atoms with Crippen LogP contribution in [0.1, 0.15) is 0 Å². The summed E-state index contributed by atoms with van der Waals surface area (Å²) in [6.07, 6.45) is 0. The molecule has 0 bridgehead atoms. The molecule has 0 N–H and O–H groups in total. The normalized spacial score (nSPS) is 12.5. The predicted molar refractivity (Wildman–Crippen MR) is 183 cm³/mol. The summed E-state index contributed by atoms with van der Waals surface area (Å²) < 4.78 is 7.87. The van der Waals surface area contributed by atoms with Crippen molar-refractivity contribution in [2.75, 3.05) is 0 Å². The second-order valence-electron chi connectivity index (χ2n) is 11.7. The Morgan fingerprint density at radius 2 is 0.867 bits per heavy atom. The fourth-order valence-electron chi connectivity index (χ4n) is 7.25. The summed E-state index contributed by atoms with van der Waals surface area (Å²) in [5.74, 6) is 0. The van der Waals surface area contributed by atoms with Gasteiger partial charge in [-0.2, -0.15) is 0 Å². The van der Waals surface area contributed by atoms with Gasteiger partial charge in [-0.1, -0.05) is 36.4 Å². The van der Waals surface area contributed by atoms with E-state index in [2.05, 4.69) is 167 Å². The van der Waals surface area contributed by atoms with Gasteiger partial charge in [-0.3, -0.25) is 0 Å². The summed E-state index contributed by atoms with van der Waals surface area (Å²) in [7, 11) is 0. The molecule has 10 rings (SSSR count). The molecule has 0 atom stereocenters. The topological polar surface area (TPSA) is 9.86 Å². The molecule has 7 aromatic carbocycles. The number of aromatic nitrogens is 2. The average Bonchev–Trinajstić information content (AvgIpc) is 3.75. The Kier molecular flexibility index (Phi) is 5.43. The number of fused-ring (bicyclic) bond motifs is 9. The zero-order chi connectivity index (χ0) is 29.5. The van der Waals surface area contributed by atoms with Gasteiger partial charge >= 0.3 is 191 Å². The molecule has 1 aliphatic rings. The summed E-state index contributed by atoms with van der Waals surface area (Å²) in [5.41, 5.74) is 12.6. The van der Waals surface area contributed by atoms with Crippen molar-refractivity contribution in [3.05, 3.63) is 165 Å². The monoisotopic (exact) mass is 685 g/mol. The summed E-state index contributed by atoms with van der Waals surface area (Å²) in [6.45, 7) is 0. The second-order valence-corrected chi connectivity index (χ2v) is 14.6. The van der Waals surface area contributed by atoms with Gasteiger partial charge in [-0.15, -0.1) is 0 Å². The molecule has 0 saturated carbocycles. The fraction of sp³-hybridized carbons (Fsp3) is 0. The van der Waals surface area contributed by atoms with Gasteiger partial charge in [0.2, 0.25) is 0 Å². The Balaban J connectivity index is 1.16. The molecule has 0 unspecified atom stereocenters. The molecular formula is C42H26IN2-. The molecule has 2 aromatic heterocycles. The third kappa shape index (κ3) is 3.74. The van der Waals surface area contributed by atoms with Crippen molar-refractivity contribution in [2.45, 2.75) is 0 Å². The Morgan fingerprint density at radius 1 is 0.333 bits per heavy atom. The molecule has 3 heteroatoms. The van der Waals surface area contributed by atoms with Gasteiger partial charge in [0.25, 0.3) is 0 Å². The van der Waals surface area contributed by atoms with Gasteiger partial charge in [0, 0.05) is 11.1 Å². The molecule has 0 amide bonds. The number of rotatable bonds is 3. The van der Waals surface area contributed by atoms with E-state index < -0.39 is 0 Å². The molecule has 0 aliphatic carbocycles. The molecule has 212 valence electrons. The average molecular weight is 686 g/mol. The summed E-state index contributed by atoms with van der Waals surface area (Å²) in [5, 5.41) is 5.11. The minimum Gasteiger partial charge on any atom is -0.0602 e. The molecule has 0 fully saturated rings. The Bertz CT molecular complexity index is 2620. The van der Waals surface area contributed by atoms with Crippen LogP contribution >= 0.6 is 0 Å². The van der Waals surface area contributed by atoms with Crippen LogP contribution in [0.25, 0.3) is 77.2 Å². The van der Waals surface area contributed by atoms with Crippen LogP contribution in [-0.4, -0.2) is 9.13 Å². The van der Waals surface area contributed by atoms with E-state index in [-0.39, 0.29) is 21.2 Å². The number of hydrogen-bond acceptors (Lipinski definition) is 0. The van der Waals surface area contributed by atoms with Crippen LogP contribution in [0, 0.1) is 7.14 Å². The van der Waals surface area contributed by atoms with Crippen LogP contribution in [-0.2, 0) is 0 Å². The van der Waals surface area contributed by atoms with Crippen molar-refractivity contribution in [1.29, 1.82) is 0 Å². The minimum atomic E-state index is -0.117. The Morgan fingerprint density at radius 3 is 1.56 bits per heavy atom. The van der Waals surface area contributed by atoms with Gasteiger partial charge in [-0.25, -0.2) is 0 Å². The standard InChI is InChI=1S/C42H26IN2/c1-2-10-29(11-3-1)44-39-16-8-5-13-32(39)35-24-27(18-22-41(35)44)28-19-23-42-36(25-28)33-14-6-9-17-40(33)45(42)30-20-21-38-34(26-30)31-12-4-7-15-37(31)43-38/h1-26H/q-1. The molecule has 3 heterocycles. The van der Waals surface area contributed by atoms with Crippen LogP contribution < -0.4 is 21.2 Å². The SMILES string of the molecule is c1ccc(-n2c3ccccc3c3cc(-c4ccc5c(c4)c4ccccc4n5-c4ccc5c(c4)-c4ccccc4[I-]5)ccc32)cc1. The van der Waals surface area contributed by atoms with E-state index in [9.17, 15) is 0 Å². The Labute approximate surface area is 271 Å². The first-order valence-electron chi connectivity index (χ1n) is 15.3. The molecule has 0 saturated heterocycles. The van der Waals surface area contributed by atoms with Crippen molar-refractivity contribution in [1.82, 2.24) is 9.13 Å². The van der Waals surface area contributed by atoms with E-state index in [0.29, 0.717) is 0 Å². The van der Waals surface area contributed by atoms with Gasteiger partial charge in [0.05, 0.1) is 11.0 Å². The van der Waals surface area contributed by atoms with Crippen LogP contribution in [0.5, 0.6) is 0 Å². The Hall–Kier alpha value is -5.13. The van der Waals surface area contributed by atoms with E-state index >= 15 is 0 Å². The first-order valence-corrected chi connectivity index (χ1v) is 17.5. The van der Waals surface area contributed by atoms with E-state index in [1.54, 1.807) is 0 Å². The van der Waals surface area contributed by atoms with E-state index in [1.165, 1.54) is 84.4 Å². The van der Waals surface area contributed by atoms with Crippen LogP contribution in [0.15, 0.2) is 158 Å². The third-order valence-electron chi connectivity index (χ3n) is 9.27. The molecule has 2 nitrogen and oxygen atoms in total. The van der Waals surface area contributed by atoms with Crippen molar-refractivity contribution in [2.24, 2.45) is 0 Å². The first-order chi connectivity index (χ1) is 22.3. The molecular weight excluding hydrogens is 659 g/mol. The quantitative estimate of drug-likeness (QED) is 0.169. The first kappa shape index (κ1) is 25.2. The van der Waals surface area contributed by atoms with E-state index in [0.717, 1.165) is 0 Å². The van der Waals surface area contributed by atoms with E-state index in [4.69, 9.17) is 0 Å². The van der Waals surface area contributed by atoms with Crippen LogP contribution in [0.3, 0.4) is 0 Å². The van der Waals surface area contributed by atoms with E-state index in [1.807, 2.05) is 0 Å². The zero-order valence-corrected chi connectivity index (χ0v) is 26.4. The molecule has 45 heavy (non-hydrogen) atoms. The molecule has 0 spiro atoms. The van der Waals surface area contributed by atoms with Crippen molar-refractivity contribution in [3.8, 4) is 33.6 Å². The number of halogens is 1. The number of hydrogen-bond donors (Lipinski definition) is 0. The van der Waals surface area contributed by atoms with Gasteiger partial charge in [0.15, 0.2) is 0 Å². The number of para-hydroxylation sites is 3. The van der Waals surface area contributed by atoms with Gasteiger partial charge in [0.1, 0.15) is 0 Å². The molecule has 1 aliphatic heterocycles. The van der Waals surface area contributed by atoms with Crippen LogP contribution in [0.2, 0.25) is 0 Å². The molecule has 9 aromatic rings. The van der Waals surface area contributed by atoms with Crippen molar-refractivity contribution in [3.63, 3.8) is 0 Å². The van der Waals surface area contributed by atoms with Gasteiger partial charge < -0.3 is 4.57 Å². The summed E-state index contributed by atoms with van der Waals surface area (Å²) in [4.78, 5) is 0. The van der Waals surface area contributed by atoms with Crippen molar-refractivity contribution < 1.29 is 21.2 Å². The smallest absolute Gasteiger partial charge is 0.0602 e. The minimum absolute atomic E-state index is 0.117. The zero-order valence-electron chi connectivity index (χ0n) is 24.3. The third-order valence-corrected chi connectivity index (χ3v) is 12.3. The maximum absolute atomic E-state index is 2.45. The van der Waals surface area contributed by atoms with Crippen molar-refractivity contribution >= 4 is 43.6 Å². The summed E-state index contributed by atoms with van der Waals surface area (Å²) in [6, 6.07) is 58.2. The van der Waals surface area contributed by atoms with Gasteiger partial charge in [-0.05, 0) is 18.2 Å². The molecule has 0 radical (unpaired) electrons. The number of benzene rings is 7. The fourth-order valence-corrected chi connectivity index (χ4v) is 10.1.